The molecule has 0 atom stereocenters. The van der Waals surface area contributed by atoms with E-state index in [0.29, 0.717) is 5.69 Å². The van der Waals surface area contributed by atoms with Gasteiger partial charge in [0.15, 0.2) is 0 Å². The fourth-order valence-corrected chi connectivity index (χ4v) is 1.58. The van der Waals surface area contributed by atoms with E-state index < -0.39 is 0 Å². The Bertz CT molecular complexity index is 620. The Morgan fingerprint density at radius 1 is 1.26 bits per heavy atom. The lowest BCUT2D eigenvalue weighted by Crippen LogP contribution is -2.31. The summed E-state index contributed by atoms with van der Waals surface area (Å²) in [5, 5.41) is 0. The zero-order valence-corrected chi connectivity index (χ0v) is 11.4. The van der Waals surface area contributed by atoms with E-state index in [-0.39, 0.29) is 11.9 Å². The smallest absolute Gasteiger partial charge is 0.246 e. The summed E-state index contributed by atoms with van der Waals surface area (Å²) < 4.78 is 0. The fraction of sp³-hybridized carbons (Fsp3) is 0.267. The third-order valence-corrected chi connectivity index (χ3v) is 2.99. The molecule has 4 nitrogen and oxygen atoms in total. The molecule has 1 amide bonds. The summed E-state index contributed by atoms with van der Waals surface area (Å²) >= 11 is 0. The van der Waals surface area contributed by atoms with Gasteiger partial charge in [-0.25, -0.2) is 4.98 Å². The highest BCUT2D eigenvalue weighted by Crippen LogP contribution is 2.09. The Morgan fingerprint density at radius 2 is 1.95 bits per heavy atom. The molecule has 2 aromatic rings. The molecule has 1 heterocycles. The predicted molar refractivity (Wildman–Crippen MR) is 76.5 cm³/mol. The molecule has 0 saturated heterocycles. The van der Waals surface area contributed by atoms with Gasteiger partial charge in [0, 0.05) is 19.2 Å². The average Bonchev–Trinajstić information content (AvgIpc) is 2.43. The standard InChI is InChI=1S/C15H17N3O/c1-11(2)18(3)15(19)9-8-12-10-16-13-6-4-5-7-14(13)17-12/h4-11H,1-3H3/b9-8+. The number of fused-ring (bicyclic) bond motifs is 1. The van der Waals surface area contributed by atoms with Crippen LogP contribution in [0, 0.1) is 0 Å². The number of hydrogen-bond acceptors (Lipinski definition) is 3. The van der Waals surface area contributed by atoms with Gasteiger partial charge in [0.05, 0.1) is 22.9 Å². The van der Waals surface area contributed by atoms with Crippen molar-refractivity contribution in [3.05, 3.63) is 42.2 Å². The summed E-state index contributed by atoms with van der Waals surface area (Å²) in [4.78, 5) is 22.2. The van der Waals surface area contributed by atoms with E-state index in [9.17, 15) is 4.79 Å². The number of amides is 1. The van der Waals surface area contributed by atoms with Crippen molar-refractivity contribution in [2.24, 2.45) is 0 Å². The molecule has 0 aliphatic rings. The van der Waals surface area contributed by atoms with Crippen molar-refractivity contribution in [3.8, 4) is 0 Å². The highest BCUT2D eigenvalue weighted by molar-refractivity contribution is 5.91. The molecular weight excluding hydrogens is 238 g/mol. The maximum atomic E-state index is 11.8. The summed E-state index contributed by atoms with van der Waals surface area (Å²) in [6, 6.07) is 7.84. The van der Waals surface area contributed by atoms with Gasteiger partial charge in [0.25, 0.3) is 0 Å². The van der Waals surface area contributed by atoms with Crippen LogP contribution in [-0.4, -0.2) is 33.9 Å². The Labute approximate surface area is 112 Å². The van der Waals surface area contributed by atoms with Crippen LogP contribution in [0.5, 0.6) is 0 Å². The number of hydrogen-bond donors (Lipinski definition) is 0. The van der Waals surface area contributed by atoms with Crippen molar-refractivity contribution in [1.82, 2.24) is 14.9 Å². The maximum absolute atomic E-state index is 11.8. The molecule has 19 heavy (non-hydrogen) atoms. The number of nitrogens with zero attached hydrogens (tertiary/aromatic N) is 3. The lowest BCUT2D eigenvalue weighted by molar-refractivity contribution is -0.126. The first-order chi connectivity index (χ1) is 9.08. The van der Waals surface area contributed by atoms with Crippen molar-refractivity contribution in [2.75, 3.05) is 7.05 Å². The van der Waals surface area contributed by atoms with Crippen LogP contribution in [0.4, 0.5) is 0 Å². The first-order valence-electron chi connectivity index (χ1n) is 6.24. The Kier molecular flexibility index (Phi) is 3.90. The molecule has 1 aromatic heterocycles. The van der Waals surface area contributed by atoms with Crippen LogP contribution in [0.15, 0.2) is 36.5 Å². The average molecular weight is 255 g/mol. The molecule has 0 bridgehead atoms. The van der Waals surface area contributed by atoms with E-state index in [1.54, 1.807) is 24.2 Å². The van der Waals surface area contributed by atoms with Crippen LogP contribution in [0.1, 0.15) is 19.5 Å². The second-order valence-corrected chi connectivity index (χ2v) is 4.66. The van der Waals surface area contributed by atoms with Crippen LogP contribution in [-0.2, 0) is 4.79 Å². The van der Waals surface area contributed by atoms with Gasteiger partial charge in [-0.05, 0) is 32.1 Å². The van der Waals surface area contributed by atoms with Gasteiger partial charge in [-0.3, -0.25) is 9.78 Å². The van der Waals surface area contributed by atoms with E-state index in [4.69, 9.17) is 0 Å². The Morgan fingerprint density at radius 3 is 2.63 bits per heavy atom. The molecule has 0 saturated carbocycles. The third-order valence-electron chi connectivity index (χ3n) is 2.99. The second-order valence-electron chi connectivity index (χ2n) is 4.66. The van der Waals surface area contributed by atoms with Gasteiger partial charge in [0.1, 0.15) is 0 Å². The van der Waals surface area contributed by atoms with Crippen molar-refractivity contribution < 1.29 is 4.79 Å². The monoisotopic (exact) mass is 255 g/mol. The van der Waals surface area contributed by atoms with Crippen molar-refractivity contribution in [2.45, 2.75) is 19.9 Å². The number of benzene rings is 1. The van der Waals surface area contributed by atoms with Crippen LogP contribution in [0.2, 0.25) is 0 Å². The zero-order chi connectivity index (χ0) is 13.8. The third kappa shape index (κ3) is 3.16. The minimum absolute atomic E-state index is 0.0371. The van der Waals surface area contributed by atoms with Crippen molar-refractivity contribution >= 4 is 23.0 Å². The number of carbonyl (C=O) groups excluding carboxylic acids is 1. The van der Waals surface area contributed by atoms with Gasteiger partial charge < -0.3 is 4.90 Å². The van der Waals surface area contributed by atoms with Crippen LogP contribution >= 0.6 is 0 Å². The molecule has 0 aliphatic carbocycles. The molecule has 0 fully saturated rings. The lowest BCUT2D eigenvalue weighted by atomic mass is 10.3. The summed E-state index contributed by atoms with van der Waals surface area (Å²) in [6.45, 7) is 3.95. The SMILES string of the molecule is CC(C)N(C)C(=O)/C=C/c1cnc2ccccc2n1. The number of rotatable bonds is 3. The minimum Gasteiger partial charge on any atom is -0.340 e. The maximum Gasteiger partial charge on any atom is 0.246 e. The van der Waals surface area contributed by atoms with Gasteiger partial charge in [0.2, 0.25) is 5.91 Å². The first-order valence-corrected chi connectivity index (χ1v) is 6.24. The molecule has 2 rings (SSSR count). The number of aromatic nitrogens is 2. The van der Waals surface area contributed by atoms with Crippen molar-refractivity contribution in [1.29, 1.82) is 0 Å². The minimum atomic E-state index is -0.0371. The molecule has 0 unspecified atom stereocenters. The van der Waals surface area contributed by atoms with Crippen LogP contribution < -0.4 is 0 Å². The number of para-hydroxylation sites is 2. The predicted octanol–water partition coefficient (Wildman–Crippen LogP) is 2.51. The second kappa shape index (κ2) is 5.61. The number of likely N-dealkylation sites (N-methyl/N-ethyl adjacent to an activating group) is 1. The molecule has 0 N–H and O–H groups in total. The van der Waals surface area contributed by atoms with Gasteiger partial charge in [-0.15, -0.1) is 0 Å². The number of carbonyl (C=O) groups is 1. The molecule has 0 aliphatic heterocycles. The summed E-state index contributed by atoms with van der Waals surface area (Å²) in [5.41, 5.74) is 2.36. The topological polar surface area (TPSA) is 46.1 Å². The van der Waals surface area contributed by atoms with E-state index >= 15 is 0 Å². The van der Waals surface area contributed by atoms with E-state index in [2.05, 4.69) is 9.97 Å². The summed E-state index contributed by atoms with van der Waals surface area (Å²) in [6.07, 6.45) is 4.89. The van der Waals surface area contributed by atoms with Crippen LogP contribution in [0.3, 0.4) is 0 Å². The van der Waals surface area contributed by atoms with Gasteiger partial charge in [-0.2, -0.15) is 0 Å². The van der Waals surface area contributed by atoms with Crippen LogP contribution in [0.25, 0.3) is 17.1 Å². The first kappa shape index (κ1) is 13.2. The lowest BCUT2D eigenvalue weighted by Gasteiger charge is -2.19. The molecule has 0 spiro atoms. The van der Waals surface area contributed by atoms with Crippen molar-refractivity contribution in [3.63, 3.8) is 0 Å². The zero-order valence-electron chi connectivity index (χ0n) is 11.4. The molecule has 0 radical (unpaired) electrons. The molecule has 1 aromatic carbocycles. The molecule has 98 valence electrons. The largest absolute Gasteiger partial charge is 0.340 e. The Balaban J connectivity index is 2.19. The van der Waals surface area contributed by atoms with E-state index in [1.165, 1.54) is 6.08 Å². The molecule has 4 heteroatoms. The quantitative estimate of drug-likeness (QED) is 0.792. The normalized spacial score (nSPS) is 11.4. The van der Waals surface area contributed by atoms with E-state index in [0.717, 1.165) is 11.0 Å². The van der Waals surface area contributed by atoms with E-state index in [1.807, 2.05) is 38.1 Å². The fourth-order valence-electron chi connectivity index (χ4n) is 1.58. The Hall–Kier alpha value is -2.23. The summed E-state index contributed by atoms with van der Waals surface area (Å²) in [7, 11) is 1.78. The van der Waals surface area contributed by atoms with Gasteiger partial charge >= 0.3 is 0 Å². The molecular formula is C15H17N3O. The highest BCUT2D eigenvalue weighted by atomic mass is 16.2. The summed E-state index contributed by atoms with van der Waals surface area (Å²) in [5.74, 6) is -0.0371. The highest BCUT2D eigenvalue weighted by Gasteiger charge is 2.07. The van der Waals surface area contributed by atoms with Gasteiger partial charge in [-0.1, -0.05) is 12.1 Å².